The van der Waals surface area contributed by atoms with E-state index in [9.17, 15) is 27.9 Å². The van der Waals surface area contributed by atoms with Gasteiger partial charge in [0.05, 0.1) is 11.2 Å². The number of carboxylic acid groups (broad SMARTS) is 1. The van der Waals surface area contributed by atoms with Crippen LogP contribution in [0.15, 0.2) is 52.7 Å². The largest absolute Gasteiger partial charge is 0.481 e. The van der Waals surface area contributed by atoms with E-state index in [4.69, 9.17) is 21.3 Å². The summed E-state index contributed by atoms with van der Waals surface area (Å²) in [6.07, 6.45) is 1.72. The van der Waals surface area contributed by atoms with Crippen LogP contribution in [0.2, 0.25) is 5.02 Å². The summed E-state index contributed by atoms with van der Waals surface area (Å²) in [5.41, 5.74) is 0.0923. The number of thiazole rings is 1. The van der Waals surface area contributed by atoms with Gasteiger partial charge in [0, 0.05) is 52.5 Å². The van der Waals surface area contributed by atoms with Gasteiger partial charge in [0.1, 0.15) is 18.5 Å². The Kier molecular flexibility index (Phi) is 7.32. The van der Waals surface area contributed by atoms with Crippen LogP contribution in [0, 0.1) is 5.82 Å². The van der Waals surface area contributed by atoms with Gasteiger partial charge in [0.15, 0.2) is 10.8 Å². The molecule has 2 aromatic heterocycles. The molecule has 3 N–H and O–H groups in total. The Morgan fingerprint density at radius 1 is 1.36 bits per heavy atom. The number of nitrogens with zero attached hydrogens (tertiary/aromatic N) is 4. The van der Waals surface area contributed by atoms with Crippen molar-refractivity contribution in [3.8, 4) is 0 Å². The van der Waals surface area contributed by atoms with Crippen LogP contribution in [-0.2, 0) is 9.53 Å². The first-order valence-corrected chi connectivity index (χ1v) is 12.8. The summed E-state index contributed by atoms with van der Waals surface area (Å²) < 4.78 is 46.5. The van der Waals surface area contributed by atoms with E-state index < -0.39 is 36.0 Å². The van der Waals surface area contributed by atoms with Gasteiger partial charge in [-0.3, -0.25) is 9.79 Å². The number of nitrogens with one attached hydrogen (secondary N) is 2. The van der Waals surface area contributed by atoms with Crippen molar-refractivity contribution in [1.29, 1.82) is 0 Å². The van der Waals surface area contributed by atoms with E-state index in [1.165, 1.54) is 29.5 Å². The number of rotatable bonds is 9. The highest BCUT2D eigenvalue weighted by Crippen LogP contribution is 2.43. The zero-order valence-electron chi connectivity index (χ0n) is 19.9. The van der Waals surface area contributed by atoms with Crippen LogP contribution < -0.4 is 10.6 Å². The molecular weight excluding hydrogens is 561 g/mol. The SMILES string of the molecule is O=C(O)CC[C@]1(CC2=C(c3ccn(C(F)F)n3)[C@H](c3ccc(F)cc3Cl)N=C(c3nccs3)N2)COC(=O)N1. The average Bonchev–Trinajstić information content (AvgIpc) is 3.65. The zero-order chi connectivity index (χ0) is 27.7. The van der Waals surface area contributed by atoms with Crippen molar-refractivity contribution < 1.29 is 32.6 Å². The van der Waals surface area contributed by atoms with Crippen LogP contribution in [0.25, 0.3) is 5.57 Å². The van der Waals surface area contributed by atoms with Gasteiger partial charge in [-0.05, 0) is 24.6 Å². The summed E-state index contributed by atoms with van der Waals surface area (Å²) >= 11 is 7.73. The highest BCUT2D eigenvalue weighted by Gasteiger charge is 2.43. The van der Waals surface area contributed by atoms with Crippen molar-refractivity contribution in [2.45, 2.75) is 37.4 Å². The molecule has 0 aliphatic carbocycles. The highest BCUT2D eigenvalue weighted by atomic mass is 35.5. The fourth-order valence-electron chi connectivity index (χ4n) is 4.52. The summed E-state index contributed by atoms with van der Waals surface area (Å²) in [6.45, 7) is -3.04. The molecular formula is C24H20ClF3N6O4S. The number of alkyl carbamates (subject to hydrolysis) is 1. The van der Waals surface area contributed by atoms with Crippen molar-refractivity contribution in [2.75, 3.05) is 6.61 Å². The van der Waals surface area contributed by atoms with Crippen molar-refractivity contribution in [2.24, 2.45) is 4.99 Å². The van der Waals surface area contributed by atoms with E-state index in [0.717, 1.165) is 12.3 Å². The first kappa shape index (κ1) is 26.7. The Hall–Kier alpha value is -3.91. The summed E-state index contributed by atoms with van der Waals surface area (Å²) in [5.74, 6) is -1.33. The molecule has 10 nitrogen and oxygen atoms in total. The second-order valence-corrected chi connectivity index (χ2v) is 10.2. The molecule has 0 radical (unpaired) electrons. The molecule has 2 aliphatic rings. The molecule has 3 aromatic rings. The molecule has 1 amide bonds. The van der Waals surface area contributed by atoms with Crippen molar-refractivity contribution in [3.63, 3.8) is 0 Å². The third-order valence-corrected chi connectivity index (χ3v) is 7.39. The van der Waals surface area contributed by atoms with E-state index >= 15 is 0 Å². The van der Waals surface area contributed by atoms with Gasteiger partial charge in [-0.2, -0.15) is 13.9 Å². The number of carbonyl (C=O) groups excluding carboxylic acids is 1. The van der Waals surface area contributed by atoms with Crippen molar-refractivity contribution >= 4 is 46.4 Å². The Bertz CT molecular complexity index is 1480. The number of halogens is 4. The van der Waals surface area contributed by atoms with Crippen LogP contribution in [0.1, 0.15) is 48.1 Å². The molecule has 2 atom stereocenters. The second kappa shape index (κ2) is 10.7. The quantitative estimate of drug-likeness (QED) is 0.332. The minimum Gasteiger partial charge on any atom is -0.481 e. The predicted octanol–water partition coefficient (Wildman–Crippen LogP) is 4.76. The molecule has 0 bridgehead atoms. The molecule has 1 fully saturated rings. The third kappa shape index (κ3) is 5.61. The van der Waals surface area contributed by atoms with Gasteiger partial charge in [-0.1, -0.05) is 17.7 Å². The number of aliphatic imine (C=N–C) groups is 1. The van der Waals surface area contributed by atoms with Crippen LogP contribution in [-0.4, -0.2) is 49.9 Å². The first-order chi connectivity index (χ1) is 18.6. The number of carbonyl (C=O) groups is 2. The average molecular weight is 581 g/mol. The smallest absolute Gasteiger partial charge is 0.407 e. The number of alkyl halides is 2. The molecule has 15 heteroatoms. The number of cyclic esters (lactones) is 1. The standard InChI is InChI=1S/C24H20ClF3N6O4S/c25-14-9-12(26)1-2-13(14)19-18(15-4-7-34(33-15)22(27)28)16(30-20(31-19)21-29-6-8-39-21)10-24(5-3-17(35)36)11-38-23(37)32-24/h1-2,4,6-9,19,22H,3,5,10-11H2,(H,30,31)(H,32,37)(H,35,36)/t19-,24-/m0/s1. The number of aliphatic carboxylic acids is 1. The third-order valence-electron chi connectivity index (χ3n) is 6.28. The molecule has 5 rings (SSSR count). The lowest BCUT2D eigenvalue weighted by molar-refractivity contribution is -0.137. The number of ether oxygens (including phenoxy) is 1. The molecule has 4 heterocycles. The lowest BCUT2D eigenvalue weighted by Gasteiger charge is -2.33. The van der Waals surface area contributed by atoms with Crippen molar-refractivity contribution in [1.82, 2.24) is 25.4 Å². The first-order valence-electron chi connectivity index (χ1n) is 11.6. The Labute approximate surface area is 228 Å². The van der Waals surface area contributed by atoms with E-state index in [1.54, 1.807) is 11.6 Å². The van der Waals surface area contributed by atoms with Gasteiger partial charge < -0.3 is 20.5 Å². The van der Waals surface area contributed by atoms with E-state index in [0.29, 0.717) is 32.4 Å². The van der Waals surface area contributed by atoms with Crippen LogP contribution in [0.4, 0.5) is 18.0 Å². The summed E-state index contributed by atoms with van der Waals surface area (Å²) in [7, 11) is 0. The lowest BCUT2D eigenvalue weighted by Crippen LogP contribution is -2.46. The number of hydrogen-bond acceptors (Lipinski definition) is 8. The number of amides is 1. The molecule has 2 aliphatic heterocycles. The van der Waals surface area contributed by atoms with Crippen LogP contribution in [0.3, 0.4) is 0 Å². The highest BCUT2D eigenvalue weighted by molar-refractivity contribution is 7.11. The Morgan fingerprint density at radius 2 is 2.18 bits per heavy atom. The van der Waals surface area contributed by atoms with Gasteiger partial charge in [-0.15, -0.1) is 11.3 Å². The van der Waals surface area contributed by atoms with Gasteiger partial charge >= 0.3 is 18.6 Å². The van der Waals surface area contributed by atoms with Gasteiger partial charge in [-0.25, -0.2) is 18.9 Å². The molecule has 0 saturated carbocycles. The van der Waals surface area contributed by atoms with E-state index in [1.807, 2.05) is 0 Å². The molecule has 1 aromatic carbocycles. The van der Waals surface area contributed by atoms with Gasteiger partial charge in [0.2, 0.25) is 0 Å². The van der Waals surface area contributed by atoms with Crippen LogP contribution >= 0.6 is 22.9 Å². The monoisotopic (exact) mass is 580 g/mol. The van der Waals surface area contributed by atoms with E-state index in [2.05, 4.69) is 20.7 Å². The predicted molar refractivity (Wildman–Crippen MR) is 135 cm³/mol. The van der Waals surface area contributed by atoms with E-state index in [-0.39, 0.29) is 36.6 Å². The Morgan fingerprint density at radius 3 is 2.79 bits per heavy atom. The number of benzene rings is 1. The number of carboxylic acids is 1. The van der Waals surface area contributed by atoms with Gasteiger partial charge in [0.25, 0.3) is 0 Å². The summed E-state index contributed by atoms with van der Waals surface area (Å²) in [6, 6.07) is 4.20. The lowest BCUT2D eigenvalue weighted by atomic mass is 9.84. The molecule has 0 spiro atoms. The second-order valence-electron chi connectivity index (χ2n) is 8.91. The molecule has 0 unspecified atom stereocenters. The normalized spacial score (nSPS) is 21.0. The number of hydrogen-bond donors (Lipinski definition) is 3. The molecule has 204 valence electrons. The fraction of sp³-hybridized carbons (Fsp3) is 0.292. The fourth-order valence-corrected chi connectivity index (χ4v) is 5.38. The topological polar surface area (TPSA) is 131 Å². The Balaban J connectivity index is 1.69. The van der Waals surface area contributed by atoms with Crippen molar-refractivity contribution in [3.05, 3.63) is 74.8 Å². The number of aromatic nitrogens is 3. The summed E-state index contributed by atoms with van der Waals surface area (Å²) in [4.78, 5) is 32.6. The summed E-state index contributed by atoms with van der Waals surface area (Å²) in [5, 5.41) is 21.6. The maximum Gasteiger partial charge on any atom is 0.407 e. The molecule has 1 saturated heterocycles. The minimum absolute atomic E-state index is 0.00258. The van der Waals surface area contributed by atoms with Crippen LogP contribution in [0.5, 0.6) is 0 Å². The maximum absolute atomic E-state index is 14.0. The zero-order valence-corrected chi connectivity index (χ0v) is 21.5. The number of amidine groups is 1. The maximum atomic E-state index is 14.0. The minimum atomic E-state index is -2.91. The molecule has 39 heavy (non-hydrogen) atoms.